The van der Waals surface area contributed by atoms with Crippen LogP contribution in [-0.2, 0) is 4.74 Å². The highest BCUT2D eigenvalue weighted by molar-refractivity contribution is 5.89. The smallest absolute Gasteiger partial charge is 0.355 e. The standard InChI is InChI=1S/C17H26N2O2/c1-11-6-14(9-17(2,3)8-11)21-16(20)15-7-12(18)10-19(15)13-4-5-13/h7,10-11,13-14H,4-6,8-9,18H2,1-3H3. The summed E-state index contributed by atoms with van der Waals surface area (Å²) in [6, 6.07) is 2.18. The number of hydrogen-bond acceptors (Lipinski definition) is 3. The van der Waals surface area contributed by atoms with Gasteiger partial charge in [0.1, 0.15) is 11.8 Å². The summed E-state index contributed by atoms with van der Waals surface area (Å²) in [5, 5.41) is 0. The van der Waals surface area contributed by atoms with Crippen molar-refractivity contribution in [1.82, 2.24) is 4.57 Å². The molecule has 116 valence electrons. The van der Waals surface area contributed by atoms with Crippen LogP contribution >= 0.6 is 0 Å². The van der Waals surface area contributed by atoms with Crippen LogP contribution in [0, 0.1) is 11.3 Å². The average molecular weight is 290 g/mol. The van der Waals surface area contributed by atoms with E-state index in [1.165, 1.54) is 6.42 Å². The Morgan fingerprint density at radius 3 is 2.71 bits per heavy atom. The fourth-order valence-corrected chi connectivity index (χ4v) is 3.88. The Bertz CT molecular complexity index is 543. The molecular weight excluding hydrogens is 264 g/mol. The Hall–Kier alpha value is -1.45. The number of nitrogens with zero attached hydrogens (tertiary/aromatic N) is 1. The Balaban J connectivity index is 1.71. The predicted molar refractivity (Wildman–Crippen MR) is 83.1 cm³/mol. The van der Waals surface area contributed by atoms with Crippen molar-refractivity contribution in [2.45, 2.75) is 65.0 Å². The third kappa shape index (κ3) is 3.25. The van der Waals surface area contributed by atoms with Gasteiger partial charge >= 0.3 is 5.97 Å². The summed E-state index contributed by atoms with van der Waals surface area (Å²) in [7, 11) is 0. The zero-order chi connectivity index (χ0) is 15.2. The molecule has 0 aromatic carbocycles. The molecule has 0 saturated heterocycles. The lowest BCUT2D eigenvalue weighted by Crippen LogP contribution is -2.34. The fraction of sp³-hybridized carbons (Fsp3) is 0.706. The van der Waals surface area contributed by atoms with E-state index >= 15 is 0 Å². The Labute approximate surface area is 126 Å². The summed E-state index contributed by atoms with van der Waals surface area (Å²) in [4.78, 5) is 12.5. The van der Waals surface area contributed by atoms with E-state index in [1.54, 1.807) is 6.07 Å². The van der Waals surface area contributed by atoms with Gasteiger partial charge in [-0.2, -0.15) is 0 Å². The van der Waals surface area contributed by atoms with Gasteiger partial charge in [-0.25, -0.2) is 4.79 Å². The molecular formula is C17H26N2O2. The van der Waals surface area contributed by atoms with Crippen LogP contribution in [0.1, 0.15) is 69.4 Å². The molecule has 2 aliphatic carbocycles. The van der Waals surface area contributed by atoms with Gasteiger partial charge in [-0.15, -0.1) is 0 Å². The lowest BCUT2D eigenvalue weighted by atomic mass is 9.71. The first kappa shape index (κ1) is 14.5. The topological polar surface area (TPSA) is 57.2 Å². The second kappa shape index (κ2) is 5.08. The van der Waals surface area contributed by atoms with Crippen LogP contribution in [0.15, 0.2) is 12.3 Å². The van der Waals surface area contributed by atoms with Crippen LogP contribution in [0.4, 0.5) is 5.69 Å². The molecule has 4 heteroatoms. The summed E-state index contributed by atoms with van der Waals surface area (Å²) < 4.78 is 7.80. The molecule has 0 radical (unpaired) electrons. The lowest BCUT2D eigenvalue weighted by molar-refractivity contribution is -0.00806. The van der Waals surface area contributed by atoms with Crippen LogP contribution in [0.3, 0.4) is 0 Å². The normalized spacial score (nSPS) is 28.3. The third-order valence-corrected chi connectivity index (χ3v) is 4.64. The molecule has 2 N–H and O–H groups in total. The van der Waals surface area contributed by atoms with Gasteiger partial charge in [0.05, 0.1) is 5.69 Å². The number of ether oxygens (including phenoxy) is 1. The molecule has 0 spiro atoms. The fourth-order valence-electron chi connectivity index (χ4n) is 3.88. The van der Waals surface area contributed by atoms with Gasteiger partial charge in [-0.1, -0.05) is 20.8 Å². The number of carbonyl (C=O) groups is 1. The molecule has 4 nitrogen and oxygen atoms in total. The summed E-state index contributed by atoms with van der Waals surface area (Å²) in [5.74, 6) is 0.389. The van der Waals surface area contributed by atoms with Crippen molar-refractivity contribution in [2.24, 2.45) is 11.3 Å². The van der Waals surface area contributed by atoms with Crippen molar-refractivity contribution >= 4 is 11.7 Å². The maximum absolute atomic E-state index is 12.5. The number of esters is 1. The van der Waals surface area contributed by atoms with Crippen molar-refractivity contribution < 1.29 is 9.53 Å². The van der Waals surface area contributed by atoms with Gasteiger partial charge < -0.3 is 15.0 Å². The molecule has 2 aliphatic rings. The molecule has 1 aromatic rings. The number of anilines is 1. The molecule has 2 saturated carbocycles. The molecule has 0 aliphatic heterocycles. The zero-order valence-corrected chi connectivity index (χ0v) is 13.3. The van der Waals surface area contributed by atoms with Gasteiger partial charge in [0.25, 0.3) is 0 Å². The summed E-state index contributed by atoms with van der Waals surface area (Å²) in [6.45, 7) is 6.76. The minimum Gasteiger partial charge on any atom is -0.458 e. The zero-order valence-electron chi connectivity index (χ0n) is 13.3. The van der Waals surface area contributed by atoms with E-state index < -0.39 is 0 Å². The highest BCUT2D eigenvalue weighted by atomic mass is 16.5. The monoisotopic (exact) mass is 290 g/mol. The van der Waals surface area contributed by atoms with Gasteiger partial charge in [-0.3, -0.25) is 0 Å². The Morgan fingerprint density at radius 1 is 1.38 bits per heavy atom. The van der Waals surface area contributed by atoms with Crippen LogP contribution in [0.25, 0.3) is 0 Å². The Morgan fingerprint density at radius 2 is 2.10 bits per heavy atom. The van der Waals surface area contributed by atoms with Crippen molar-refractivity contribution in [2.75, 3.05) is 5.73 Å². The maximum atomic E-state index is 12.5. The van der Waals surface area contributed by atoms with E-state index in [-0.39, 0.29) is 17.5 Å². The van der Waals surface area contributed by atoms with Crippen molar-refractivity contribution in [1.29, 1.82) is 0 Å². The SMILES string of the molecule is CC1CC(OC(=O)c2cc(N)cn2C2CC2)CC(C)(C)C1. The number of carbonyl (C=O) groups excluding carboxylic acids is 1. The highest BCUT2D eigenvalue weighted by Crippen LogP contribution is 2.41. The molecule has 2 atom stereocenters. The van der Waals surface area contributed by atoms with E-state index in [0.717, 1.165) is 25.7 Å². The third-order valence-electron chi connectivity index (χ3n) is 4.64. The van der Waals surface area contributed by atoms with Crippen molar-refractivity contribution in [3.8, 4) is 0 Å². The second-order valence-corrected chi connectivity index (χ2v) is 7.74. The number of hydrogen-bond donors (Lipinski definition) is 1. The minimum absolute atomic E-state index is 0.0278. The first-order valence-electron chi connectivity index (χ1n) is 8.02. The number of nitrogens with two attached hydrogens (primary N) is 1. The average Bonchev–Trinajstić information content (AvgIpc) is 3.09. The minimum atomic E-state index is -0.214. The predicted octanol–water partition coefficient (Wildman–Crippen LogP) is 3.78. The van der Waals surface area contributed by atoms with Gasteiger partial charge in [0, 0.05) is 12.2 Å². The number of rotatable bonds is 3. The molecule has 0 bridgehead atoms. The first-order chi connectivity index (χ1) is 9.84. The maximum Gasteiger partial charge on any atom is 0.355 e. The Kier molecular flexibility index (Phi) is 3.50. The van der Waals surface area contributed by atoms with Crippen LogP contribution < -0.4 is 5.73 Å². The van der Waals surface area contributed by atoms with E-state index in [9.17, 15) is 4.79 Å². The lowest BCUT2D eigenvalue weighted by Gasteiger charge is -2.38. The molecule has 3 rings (SSSR count). The first-order valence-corrected chi connectivity index (χ1v) is 8.02. The molecule has 21 heavy (non-hydrogen) atoms. The summed E-state index contributed by atoms with van der Waals surface area (Å²) >= 11 is 0. The van der Waals surface area contributed by atoms with Crippen LogP contribution in [0.5, 0.6) is 0 Å². The van der Waals surface area contributed by atoms with E-state index in [1.807, 2.05) is 10.8 Å². The highest BCUT2D eigenvalue weighted by Gasteiger charge is 2.35. The summed E-state index contributed by atoms with van der Waals surface area (Å²) in [6.07, 6.45) is 7.26. The number of nitrogen functional groups attached to an aromatic ring is 1. The molecule has 1 heterocycles. The largest absolute Gasteiger partial charge is 0.458 e. The molecule has 0 amide bonds. The van der Waals surface area contributed by atoms with Gasteiger partial charge in [-0.05, 0) is 49.5 Å². The van der Waals surface area contributed by atoms with Gasteiger partial charge in [0.2, 0.25) is 0 Å². The summed E-state index contributed by atoms with van der Waals surface area (Å²) in [5.41, 5.74) is 7.36. The van der Waals surface area contributed by atoms with E-state index in [4.69, 9.17) is 10.5 Å². The van der Waals surface area contributed by atoms with E-state index in [2.05, 4.69) is 20.8 Å². The molecule has 2 fully saturated rings. The quantitative estimate of drug-likeness (QED) is 0.862. The van der Waals surface area contributed by atoms with E-state index in [0.29, 0.717) is 23.3 Å². The number of aromatic nitrogens is 1. The van der Waals surface area contributed by atoms with Crippen LogP contribution in [-0.4, -0.2) is 16.6 Å². The molecule has 2 unspecified atom stereocenters. The van der Waals surface area contributed by atoms with Crippen molar-refractivity contribution in [3.63, 3.8) is 0 Å². The van der Waals surface area contributed by atoms with Gasteiger partial charge in [0.15, 0.2) is 0 Å². The van der Waals surface area contributed by atoms with Crippen molar-refractivity contribution in [3.05, 3.63) is 18.0 Å². The van der Waals surface area contributed by atoms with Crippen LogP contribution in [0.2, 0.25) is 0 Å². The second-order valence-electron chi connectivity index (χ2n) is 7.74. The molecule has 1 aromatic heterocycles.